The van der Waals surface area contributed by atoms with E-state index in [0.29, 0.717) is 17.3 Å². The molecule has 0 saturated carbocycles. The average Bonchev–Trinajstić information content (AvgIpc) is 2.89. The summed E-state index contributed by atoms with van der Waals surface area (Å²) in [5.41, 5.74) is 0.580. The Morgan fingerprint density at radius 3 is 2.77 bits per heavy atom. The Bertz CT molecular complexity index is 619. The summed E-state index contributed by atoms with van der Waals surface area (Å²) >= 11 is 5.92. The standard InChI is InChI=1S/C16H21ClN4O/c1-16(2,3)14(10-21-8-7-18-11-21)20-15(22)19-13-6-4-5-12(17)9-13/h4-9,11,14H,10H2,1-3H3,(H2,19,20,22)/t14-/m1/s1. The lowest BCUT2D eigenvalue weighted by molar-refractivity contribution is 0.219. The number of hydrogen-bond acceptors (Lipinski definition) is 2. The van der Waals surface area contributed by atoms with E-state index in [1.165, 1.54) is 0 Å². The maximum Gasteiger partial charge on any atom is 0.319 e. The van der Waals surface area contributed by atoms with Crippen LogP contribution in [0.5, 0.6) is 0 Å². The van der Waals surface area contributed by atoms with Crippen LogP contribution in [0.15, 0.2) is 43.0 Å². The summed E-state index contributed by atoms with van der Waals surface area (Å²) < 4.78 is 1.95. The van der Waals surface area contributed by atoms with Crippen molar-refractivity contribution in [2.24, 2.45) is 5.41 Å². The normalized spacial score (nSPS) is 12.7. The van der Waals surface area contributed by atoms with Crippen molar-refractivity contribution in [3.05, 3.63) is 48.0 Å². The van der Waals surface area contributed by atoms with Crippen LogP contribution in [-0.2, 0) is 6.54 Å². The summed E-state index contributed by atoms with van der Waals surface area (Å²) in [4.78, 5) is 16.3. The van der Waals surface area contributed by atoms with Gasteiger partial charge in [-0.2, -0.15) is 0 Å². The maximum absolute atomic E-state index is 12.2. The van der Waals surface area contributed by atoms with Gasteiger partial charge in [-0.25, -0.2) is 9.78 Å². The Balaban J connectivity index is 2.02. The molecule has 2 aromatic rings. The minimum atomic E-state index is -0.248. The monoisotopic (exact) mass is 320 g/mol. The largest absolute Gasteiger partial charge is 0.335 e. The SMILES string of the molecule is CC(C)(C)[C@@H](Cn1ccnc1)NC(=O)Nc1cccc(Cl)c1. The molecule has 0 spiro atoms. The topological polar surface area (TPSA) is 59.0 Å². The quantitative estimate of drug-likeness (QED) is 0.900. The lowest BCUT2D eigenvalue weighted by Crippen LogP contribution is -2.47. The first kappa shape index (κ1) is 16.4. The van der Waals surface area contributed by atoms with E-state index in [9.17, 15) is 4.79 Å². The van der Waals surface area contributed by atoms with Gasteiger partial charge in [-0.3, -0.25) is 0 Å². The van der Waals surface area contributed by atoms with Crippen LogP contribution < -0.4 is 10.6 Å². The number of amides is 2. The number of anilines is 1. The molecule has 2 rings (SSSR count). The molecule has 0 saturated heterocycles. The highest BCUT2D eigenvalue weighted by atomic mass is 35.5. The van der Waals surface area contributed by atoms with Gasteiger partial charge in [-0.15, -0.1) is 0 Å². The molecular weight excluding hydrogens is 300 g/mol. The number of nitrogens with one attached hydrogen (secondary N) is 2. The van der Waals surface area contributed by atoms with Gasteiger partial charge in [-0.05, 0) is 23.6 Å². The Morgan fingerprint density at radius 1 is 1.41 bits per heavy atom. The summed E-state index contributed by atoms with van der Waals surface area (Å²) in [5.74, 6) is 0. The van der Waals surface area contributed by atoms with E-state index in [1.54, 1.807) is 36.8 Å². The van der Waals surface area contributed by atoms with Crippen molar-refractivity contribution < 1.29 is 4.79 Å². The minimum Gasteiger partial charge on any atom is -0.335 e. The molecule has 1 atom stereocenters. The second-order valence-corrected chi connectivity index (χ2v) is 6.72. The number of nitrogens with zero attached hydrogens (tertiary/aromatic N) is 2. The number of halogens is 1. The number of carbonyl (C=O) groups excluding carboxylic acids is 1. The van der Waals surface area contributed by atoms with E-state index in [0.717, 1.165) is 0 Å². The van der Waals surface area contributed by atoms with E-state index in [4.69, 9.17) is 11.6 Å². The number of benzene rings is 1. The number of carbonyl (C=O) groups is 1. The highest BCUT2D eigenvalue weighted by molar-refractivity contribution is 6.30. The molecular formula is C16H21ClN4O. The summed E-state index contributed by atoms with van der Waals surface area (Å²) in [6.07, 6.45) is 5.36. The van der Waals surface area contributed by atoms with Gasteiger partial charge in [-0.1, -0.05) is 38.4 Å². The van der Waals surface area contributed by atoms with Crippen LogP contribution in [0.4, 0.5) is 10.5 Å². The number of aromatic nitrogens is 2. The van der Waals surface area contributed by atoms with Crippen molar-refractivity contribution in [3.8, 4) is 0 Å². The fourth-order valence-electron chi connectivity index (χ4n) is 2.03. The van der Waals surface area contributed by atoms with Crippen molar-refractivity contribution in [1.29, 1.82) is 0 Å². The zero-order valence-corrected chi connectivity index (χ0v) is 13.8. The first-order valence-corrected chi connectivity index (χ1v) is 7.51. The van der Waals surface area contributed by atoms with Crippen molar-refractivity contribution in [3.63, 3.8) is 0 Å². The first-order valence-electron chi connectivity index (χ1n) is 7.13. The second-order valence-electron chi connectivity index (χ2n) is 6.29. The smallest absolute Gasteiger partial charge is 0.319 e. The van der Waals surface area contributed by atoms with Crippen molar-refractivity contribution in [2.75, 3.05) is 5.32 Å². The fraction of sp³-hybridized carbons (Fsp3) is 0.375. The van der Waals surface area contributed by atoms with Crippen LogP contribution in [0.25, 0.3) is 0 Å². The van der Waals surface area contributed by atoms with E-state index in [-0.39, 0.29) is 17.5 Å². The van der Waals surface area contributed by atoms with Gasteiger partial charge in [0.05, 0.1) is 12.4 Å². The summed E-state index contributed by atoms with van der Waals surface area (Å²) in [5, 5.41) is 6.41. The molecule has 5 nitrogen and oxygen atoms in total. The molecule has 0 radical (unpaired) electrons. The molecule has 22 heavy (non-hydrogen) atoms. The first-order chi connectivity index (χ1) is 10.3. The Morgan fingerprint density at radius 2 is 2.18 bits per heavy atom. The van der Waals surface area contributed by atoms with E-state index >= 15 is 0 Å². The highest BCUT2D eigenvalue weighted by Gasteiger charge is 2.26. The summed E-state index contributed by atoms with van der Waals surface area (Å²) in [6.45, 7) is 6.93. The third-order valence-corrected chi connectivity index (χ3v) is 3.62. The second kappa shape index (κ2) is 6.83. The predicted octanol–water partition coefficient (Wildman–Crippen LogP) is 3.77. The summed E-state index contributed by atoms with van der Waals surface area (Å²) in [6, 6.07) is 6.78. The highest BCUT2D eigenvalue weighted by Crippen LogP contribution is 2.21. The van der Waals surface area contributed by atoms with Crippen molar-refractivity contribution in [1.82, 2.24) is 14.9 Å². The Hall–Kier alpha value is -2.01. The van der Waals surface area contributed by atoms with Gasteiger partial charge >= 0.3 is 6.03 Å². The number of hydrogen-bond donors (Lipinski definition) is 2. The molecule has 0 bridgehead atoms. The molecule has 0 aliphatic carbocycles. The van der Waals surface area contributed by atoms with Crippen LogP contribution in [0.2, 0.25) is 5.02 Å². The molecule has 6 heteroatoms. The molecule has 0 unspecified atom stereocenters. The molecule has 1 aromatic heterocycles. The zero-order valence-electron chi connectivity index (χ0n) is 13.0. The van der Waals surface area contributed by atoms with E-state index in [2.05, 4.69) is 36.4 Å². The fourth-order valence-corrected chi connectivity index (χ4v) is 2.22. The Labute approximate surface area is 135 Å². The van der Waals surface area contributed by atoms with Crippen LogP contribution >= 0.6 is 11.6 Å². The number of rotatable bonds is 4. The van der Waals surface area contributed by atoms with Crippen LogP contribution in [0, 0.1) is 5.41 Å². The predicted molar refractivity (Wildman–Crippen MR) is 89.1 cm³/mol. The van der Waals surface area contributed by atoms with Crippen molar-refractivity contribution in [2.45, 2.75) is 33.4 Å². The zero-order chi connectivity index (χ0) is 16.2. The Kier molecular flexibility index (Phi) is 5.08. The van der Waals surface area contributed by atoms with Crippen LogP contribution in [0.3, 0.4) is 0 Å². The van der Waals surface area contributed by atoms with Crippen LogP contribution in [-0.4, -0.2) is 21.6 Å². The minimum absolute atomic E-state index is 0.0408. The summed E-state index contributed by atoms with van der Waals surface area (Å²) in [7, 11) is 0. The van der Waals surface area contributed by atoms with Crippen molar-refractivity contribution >= 4 is 23.3 Å². The van der Waals surface area contributed by atoms with Gasteiger partial charge in [0.15, 0.2) is 0 Å². The van der Waals surface area contributed by atoms with E-state index < -0.39 is 0 Å². The molecule has 0 fully saturated rings. The lowest BCUT2D eigenvalue weighted by atomic mass is 9.86. The molecule has 118 valence electrons. The number of imidazole rings is 1. The molecule has 0 aliphatic heterocycles. The van der Waals surface area contributed by atoms with Gasteiger partial charge in [0.25, 0.3) is 0 Å². The molecule has 1 aromatic carbocycles. The molecule has 2 N–H and O–H groups in total. The average molecular weight is 321 g/mol. The number of urea groups is 1. The van der Waals surface area contributed by atoms with Gasteiger partial charge < -0.3 is 15.2 Å². The van der Waals surface area contributed by atoms with E-state index in [1.807, 2.05) is 10.8 Å². The molecule has 2 amide bonds. The third-order valence-electron chi connectivity index (χ3n) is 3.39. The van der Waals surface area contributed by atoms with Gasteiger partial charge in [0, 0.05) is 29.6 Å². The van der Waals surface area contributed by atoms with Gasteiger partial charge in [0.1, 0.15) is 0 Å². The van der Waals surface area contributed by atoms with Crippen LogP contribution in [0.1, 0.15) is 20.8 Å². The lowest BCUT2D eigenvalue weighted by Gasteiger charge is -2.31. The molecule has 1 heterocycles. The third kappa shape index (κ3) is 4.77. The molecule has 0 aliphatic rings. The maximum atomic E-state index is 12.2. The van der Waals surface area contributed by atoms with Gasteiger partial charge in [0.2, 0.25) is 0 Å².